The van der Waals surface area contributed by atoms with Gasteiger partial charge in [-0.2, -0.15) is 13.2 Å². The standard InChI is InChI=1S/C10H7ClF4O3/c11-6-3-5(1-2-7(6)12)9(10(13,14)15)18-4-8(16)17/h1-3,9H,4H2,(H,16,17)/t9-/m1/s1. The number of hydrogen-bond acceptors (Lipinski definition) is 2. The second-order valence-corrected chi connectivity index (χ2v) is 3.71. The second kappa shape index (κ2) is 5.53. The summed E-state index contributed by atoms with van der Waals surface area (Å²) in [7, 11) is 0. The van der Waals surface area contributed by atoms with E-state index in [1.165, 1.54) is 0 Å². The molecule has 0 aromatic heterocycles. The zero-order valence-electron chi connectivity index (χ0n) is 8.67. The molecule has 1 atom stereocenters. The molecule has 0 unspecified atom stereocenters. The van der Waals surface area contributed by atoms with Crippen molar-refractivity contribution in [1.82, 2.24) is 0 Å². The van der Waals surface area contributed by atoms with E-state index in [2.05, 4.69) is 4.74 Å². The first-order valence-electron chi connectivity index (χ1n) is 4.57. The molecule has 0 spiro atoms. The summed E-state index contributed by atoms with van der Waals surface area (Å²) in [4.78, 5) is 10.2. The number of rotatable bonds is 4. The molecule has 8 heteroatoms. The number of hydrogen-bond donors (Lipinski definition) is 1. The van der Waals surface area contributed by atoms with Gasteiger partial charge in [-0.3, -0.25) is 0 Å². The minimum Gasteiger partial charge on any atom is -0.480 e. The van der Waals surface area contributed by atoms with Crippen molar-refractivity contribution in [1.29, 1.82) is 0 Å². The lowest BCUT2D eigenvalue weighted by atomic mass is 10.1. The number of aliphatic carboxylic acids is 1. The minimum atomic E-state index is -4.82. The summed E-state index contributed by atoms with van der Waals surface area (Å²) >= 11 is 5.36. The van der Waals surface area contributed by atoms with Gasteiger partial charge in [0.15, 0.2) is 6.10 Å². The average molecular weight is 287 g/mol. The molecule has 0 aliphatic heterocycles. The SMILES string of the molecule is O=C(O)CO[C@H](c1ccc(F)c(Cl)c1)C(F)(F)F. The van der Waals surface area contributed by atoms with Crippen molar-refractivity contribution in [3.05, 3.63) is 34.6 Å². The van der Waals surface area contributed by atoms with Crippen LogP contribution in [0.1, 0.15) is 11.7 Å². The monoisotopic (exact) mass is 286 g/mol. The summed E-state index contributed by atoms with van der Waals surface area (Å²) in [6.07, 6.45) is -7.29. The van der Waals surface area contributed by atoms with Crippen LogP contribution in [0.4, 0.5) is 17.6 Å². The number of benzene rings is 1. The summed E-state index contributed by atoms with van der Waals surface area (Å²) < 4.78 is 55.0. The van der Waals surface area contributed by atoms with Crippen molar-refractivity contribution < 1.29 is 32.2 Å². The van der Waals surface area contributed by atoms with Crippen molar-refractivity contribution in [2.75, 3.05) is 6.61 Å². The van der Waals surface area contributed by atoms with Crippen LogP contribution in [0, 0.1) is 5.82 Å². The Hall–Kier alpha value is -1.34. The Balaban J connectivity index is 3.02. The van der Waals surface area contributed by atoms with E-state index in [1.807, 2.05) is 0 Å². The molecule has 0 radical (unpaired) electrons. The first kappa shape index (κ1) is 14.7. The highest BCUT2D eigenvalue weighted by Crippen LogP contribution is 2.36. The molecule has 3 nitrogen and oxygen atoms in total. The smallest absolute Gasteiger partial charge is 0.418 e. The Morgan fingerprint density at radius 2 is 2.06 bits per heavy atom. The Kier molecular flexibility index (Phi) is 4.53. The predicted molar refractivity (Wildman–Crippen MR) is 53.8 cm³/mol. The van der Waals surface area contributed by atoms with Gasteiger partial charge < -0.3 is 9.84 Å². The maximum Gasteiger partial charge on any atom is 0.418 e. The molecule has 0 saturated carbocycles. The first-order valence-corrected chi connectivity index (χ1v) is 4.94. The van der Waals surface area contributed by atoms with Crippen LogP contribution in [0.15, 0.2) is 18.2 Å². The average Bonchev–Trinajstić information content (AvgIpc) is 2.21. The number of carboxylic acids is 1. The molecule has 1 N–H and O–H groups in total. The van der Waals surface area contributed by atoms with E-state index < -0.39 is 41.3 Å². The molecular formula is C10H7ClF4O3. The molecule has 0 bridgehead atoms. The Morgan fingerprint density at radius 3 is 2.50 bits per heavy atom. The molecule has 0 heterocycles. The lowest BCUT2D eigenvalue weighted by Gasteiger charge is -2.20. The molecule has 1 aromatic carbocycles. The Morgan fingerprint density at radius 1 is 1.44 bits per heavy atom. The molecule has 1 aromatic rings. The van der Waals surface area contributed by atoms with Crippen LogP contribution >= 0.6 is 11.6 Å². The third-order valence-electron chi connectivity index (χ3n) is 1.92. The van der Waals surface area contributed by atoms with Gasteiger partial charge in [0, 0.05) is 0 Å². The van der Waals surface area contributed by atoms with Gasteiger partial charge in [-0.15, -0.1) is 0 Å². The normalized spacial score (nSPS) is 13.4. The molecule has 100 valence electrons. The van der Waals surface area contributed by atoms with Gasteiger partial charge in [0.2, 0.25) is 0 Å². The quantitative estimate of drug-likeness (QED) is 0.865. The fourth-order valence-corrected chi connectivity index (χ4v) is 1.40. The van der Waals surface area contributed by atoms with E-state index in [1.54, 1.807) is 0 Å². The van der Waals surface area contributed by atoms with E-state index in [9.17, 15) is 22.4 Å². The van der Waals surface area contributed by atoms with E-state index in [4.69, 9.17) is 16.7 Å². The van der Waals surface area contributed by atoms with Crippen LogP contribution in [0.3, 0.4) is 0 Å². The van der Waals surface area contributed by atoms with Crippen LogP contribution < -0.4 is 0 Å². The van der Waals surface area contributed by atoms with Gasteiger partial charge >= 0.3 is 12.1 Å². The lowest BCUT2D eigenvalue weighted by Crippen LogP contribution is -2.26. The van der Waals surface area contributed by atoms with Gasteiger partial charge in [-0.05, 0) is 17.7 Å². The van der Waals surface area contributed by atoms with Crippen LogP contribution in [0.2, 0.25) is 5.02 Å². The number of halogens is 5. The number of carbonyl (C=O) groups is 1. The highest BCUT2D eigenvalue weighted by Gasteiger charge is 2.42. The third kappa shape index (κ3) is 3.85. The summed E-state index contributed by atoms with van der Waals surface area (Å²) in [6.45, 7) is -1.13. The number of ether oxygens (including phenoxy) is 1. The molecule has 0 aliphatic rings. The van der Waals surface area contributed by atoms with Crippen molar-refractivity contribution in [3.63, 3.8) is 0 Å². The van der Waals surface area contributed by atoms with Crippen LogP contribution in [0.25, 0.3) is 0 Å². The second-order valence-electron chi connectivity index (χ2n) is 3.30. The fourth-order valence-electron chi connectivity index (χ4n) is 1.21. The van der Waals surface area contributed by atoms with Gasteiger partial charge in [0.25, 0.3) is 0 Å². The molecular weight excluding hydrogens is 280 g/mol. The zero-order chi connectivity index (χ0) is 13.9. The van der Waals surface area contributed by atoms with Gasteiger partial charge in [0.1, 0.15) is 12.4 Å². The highest BCUT2D eigenvalue weighted by atomic mass is 35.5. The van der Waals surface area contributed by atoms with Crippen LogP contribution in [-0.4, -0.2) is 23.9 Å². The predicted octanol–water partition coefficient (Wildman–Crippen LogP) is 3.18. The van der Waals surface area contributed by atoms with Gasteiger partial charge in [-0.25, -0.2) is 9.18 Å². The Labute approximate surface area is 104 Å². The van der Waals surface area contributed by atoms with E-state index >= 15 is 0 Å². The molecule has 1 rings (SSSR count). The van der Waals surface area contributed by atoms with E-state index in [0.29, 0.717) is 0 Å². The molecule has 18 heavy (non-hydrogen) atoms. The maximum absolute atomic E-state index is 12.8. The maximum atomic E-state index is 12.8. The summed E-state index contributed by atoms with van der Waals surface area (Å²) in [6, 6.07) is 2.33. The highest BCUT2D eigenvalue weighted by molar-refractivity contribution is 6.30. The largest absolute Gasteiger partial charge is 0.480 e. The molecule has 0 aliphatic carbocycles. The third-order valence-corrected chi connectivity index (χ3v) is 2.21. The van der Waals surface area contributed by atoms with Crippen molar-refractivity contribution >= 4 is 17.6 Å². The van der Waals surface area contributed by atoms with Gasteiger partial charge in [-0.1, -0.05) is 17.7 Å². The summed E-state index contributed by atoms with van der Waals surface area (Å²) in [5, 5.41) is 7.80. The van der Waals surface area contributed by atoms with E-state index in [-0.39, 0.29) is 0 Å². The molecule has 0 fully saturated rings. The first-order chi connectivity index (χ1) is 8.21. The zero-order valence-corrected chi connectivity index (χ0v) is 9.43. The number of carboxylic acid groups (broad SMARTS) is 1. The summed E-state index contributed by atoms with van der Waals surface area (Å²) in [5.41, 5.74) is -0.463. The van der Waals surface area contributed by atoms with Crippen LogP contribution in [0.5, 0.6) is 0 Å². The van der Waals surface area contributed by atoms with E-state index in [0.717, 1.165) is 18.2 Å². The Bertz CT molecular complexity index is 447. The molecule has 0 amide bonds. The fraction of sp³-hybridized carbons (Fsp3) is 0.300. The van der Waals surface area contributed by atoms with Gasteiger partial charge in [0.05, 0.1) is 5.02 Å². The number of alkyl halides is 3. The minimum absolute atomic E-state index is 0.463. The summed E-state index contributed by atoms with van der Waals surface area (Å²) in [5.74, 6) is -2.42. The molecule has 0 saturated heterocycles. The lowest BCUT2D eigenvalue weighted by molar-refractivity contribution is -0.225. The van der Waals surface area contributed by atoms with Crippen LogP contribution in [-0.2, 0) is 9.53 Å². The van der Waals surface area contributed by atoms with Crippen molar-refractivity contribution in [2.45, 2.75) is 12.3 Å². The van der Waals surface area contributed by atoms with Crippen molar-refractivity contribution in [2.24, 2.45) is 0 Å². The topological polar surface area (TPSA) is 46.5 Å². The van der Waals surface area contributed by atoms with Crippen molar-refractivity contribution in [3.8, 4) is 0 Å².